The normalized spacial score (nSPS) is 10.2. The highest BCUT2D eigenvalue weighted by Gasteiger charge is 2.04. The second kappa shape index (κ2) is 4.49. The quantitative estimate of drug-likeness (QED) is 0.821. The van der Waals surface area contributed by atoms with Gasteiger partial charge in [0, 0.05) is 16.8 Å². The molecule has 0 atom stereocenters. The monoisotopic (exact) mass is 239 g/mol. The van der Waals surface area contributed by atoms with E-state index in [1.807, 2.05) is 0 Å². The molecular weight excluding hydrogens is 232 g/mol. The lowest BCUT2D eigenvalue weighted by molar-refractivity contribution is 0.603. The molecule has 0 saturated carbocycles. The van der Waals surface area contributed by atoms with Crippen molar-refractivity contribution in [1.82, 2.24) is 0 Å². The molecule has 2 aromatic carbocycles. The molecule has 0 aromatic heterocycles. The summed E-state index contributed by atoms with van der Waals surface area (Å²) in [6.45, 7) is 0. The Morgan fingerprint density at radius 3 is 2.56 bits per heavy atom. The Morgan fingerprint density at radius 2 is 1.81 bits per heavy atom. The van der Waals surface area contributed by atoms with Crippen LogP contribution >= 0.6 is 11.6 Å². The third-order valence-corrected chi connectivity index (χ3v) is 2.27. The molecule has 0 unspecified atom stereocenters. The maximum absolute atomic E-state index is 13.3. The third-order valence-electron chi connectivity index (χ3n) is 2.03. The van der Waals surface area contributed by atoms with E-state index in [2.05, 4.69) is 5.32 Å². The molecule has 16 heavy (non-hydrogen) atoms. The molecule has 0 radical (unpaired) electrons. The predicted molar refractivity (Wildman–Crippen MR) is 61.1 cm³/mol. The molecule has 2 aromatic rings. The van der Waals surface area contributed by atoms with Crippen LogP contribution in [0.5, 0.6) is 0 Å². The minimum Gasteiger partial charge on any atom is -0.353 e. The lowest BCUT2D eigenvalue weighted by atomic mass is 10.2. The summed E-state index contributed by atoms with van der Waals surface area (Å²) in [5.74, 6) is -1.01. The van der Waals surface area contributed by atoms with Gasteiger partial charge in [0.1, 0.15) is 11.6 Å². The van der Waals surface area contributed by atoms with Crippen LogP contribution in [0.4, 0.5) is 20.2 Å². The molecule has 0 saturated heterocycles. The molecule has 0 aliphatic rings. The number of hydrogen-bond donors (Lipinski definition) is 1. The SMILES string of the molecule is Fc1ccc(F)c(Nc2cccc(Cl)c2)c1. The van der Waals surface area contributed by atoms with Crippen molar-refractivity contribution < 1.29 is 8.78 Å². The summed E-state index contributed by atoms with van der Waals surface area (Å²) in [5.41, 5.74) is 0.694. The third kappa shape index (κ3) is 2.49. The van der Waals surface area contributed by atoms with Crippen molar-refractivity contribution in [3.63, 3.8) is 0 Å². The van der Waals surface area contributed by atoms with Gasteiger partial charge in [-0.2, -0.15) is 0 Å². The van der Waals surface area contributed by atoms with E-state index in [9.17, 15) is 8.78 Å². The number of rotatable bonds is 2. The summed E-state index contributed by atoms with van der Waals surface area (Å²) < 4.78 is 26.2. The molecule has 1 N–H and O–H groups in total. The van der Waals surface area contributed by atoms with E-state index in [4.69, 9.17) is 11.6 Å². The lowest BCUT2D eigenvalue weighted by Gasteiger charge is -2.07. The van der Waals surface area contributed by atoms with Crippen LogP contribution in [-0.4, -0.2) is 0 Å². The fraction of sp³-hybridized carbons (Fsp3) is 0. The molecule has 0 aliphatic carbocycles. The van der Waals surface area contributed by atoms with Gasteiger partial charge >= 0.3 is 0 Å². The van der Waals surface area contributed by atoms with Crippen molar-refractivity contribution in [2.75, 3.05) is 5.32 Å². The molecule has 1 nitrogen and oxygen atoms in total. The molecule has 0 heterocycles. The van der Waals surface area contributed by atoms with Gasteiger partial charge in [-0.1, -0.05) is 17.7 Å². The van der Waals surface area contributed by atoms with Crippen LogP contribution < -0.4 is 5.32 Å². The van der Waals surface area contributed by atoms with E-state index in [1.165, 1.54) is 0 Å². The molecule has 82 valence electrons. The van der Waals surface area contributed by atoms with Gasteiger partial charge in [-0.25, -0.2) is 8.78 Å². The van der Waals surface area contributed by atoms with Crippen molar-refractivity contribution in [1.29, 1.82) is 0 Å². The fourth-order valence-corrected chi connectivity index (χ4v) is 1.51. The molecule has 0 aliphatic heterocycles. The molecule has 4 heteroatoms. The van der Waals surface area contributed by atoms with Crippen molar-refractivity contribution in [2.45, 2.75) is 0 Å². The fourth-order valence-electron chi connectivity index (χ4n) is 1.32. The minimum atomic E-state index is -0.513. The first kappa shape index (κ1) is 10.9. The van der Waals surface area contributed by atoms with Crippen LogP contribution in [0.3, 0.4) is 0 Å². The van der Waals surface area contributed by atoms with Gasteiger partial charge in [0.2, 0.25) is 0 Å². The Hall–Kier alpha value is -1.61. The van der Waals surface area contributed by atoms with Crippen LogP contribution in [0.2, 0.25) is 5.02 Å². The maximum Gasteiger partial charge on any atom is 0.146 e. The number of hydrogen-bond acceptors (Lipinski definition) is 1. The molecule has 0 spiro atoms. The Balaban J connectivity index is 2.30. The first-order chi connectivity index (χ1) is 7.65. The van der Waals surface area contributed by atoms with E-state index >= 15 is 0 Å². The van der Waals surface area contributed by atoms with Crippen molar-refractivity contribution >= 4 is 23.0 Å². The number of halogens is 3. The largest absolute Gasteiger partial charge is 0.353 e. The highest BCUT2D eigenvalue weighted by molar-refractivity contribution is 6.30. The zero-order valence-electron chi connectivity index (χ0n) is 8.18. The van der Waals surface area contributed by atoms with Gasteiger partial charge in [0.15, 0.2) is 0 Å². The number of nitrogens with one attached hydrogen (secondary N) is 1. The first-order valence-electron chi connectivity index (χ1n) is 4.63. The Labute approximate surface area is 96.7 Å². The molecule has 0 fully saturated rings. The van der Waals surface area contributed by atoms with E-state index in [1.54, 1.807) is 24.3 Å². The highest BCUT2D eigenvalue weighted by Crippen LogP contribution is 2.22. The Kier molecular flexibility index (Phi) is 3.06. The van der Waals surface area contributed by atoms with Crippen LogP contribution in [0.1, 0.15) is 0 Å². The van der Waals surface area contributed by atoms with Gasteiger partial charge < -0.3 is 5.32 Å². The Bertz CT molecular complexity index is 514. The average Bonchev–Trinajstić information content (AvgIpc) is 2.24. The summed E-state index contributed by atoms with van der Waals surface area (Å²) in [4.78, 5) is 0. The number of anilines is 2. The van der Waals surface area contributed by atoms with Crippen LogP contribution in [0, 0.1) is 11.6 Å². The van der Waals surface area contributed by atoms with Crippen LogP contribution in [0.15, 0.2) is 42.5 Å². The van der Waals surface area contributed by atoms with E-state index in [0.29, 0.717) is 10.7 Å². The van der Waals surface area contributed by atoms with Crippen LogP contribution in [-0.2, 0) is 0 Å². The van der Waals surface area contributed by atoms with Gasteiger partial charge in [-0.05, 0) is 30.3 Å². The van der Waals surface area contributed by atoms with Gasteiger partial charge in [-0.3, -0.25) is 0 Å². The summed E-state index contributed by atoms with van der Waals surface area (Å²) in [6, 6.07) is 10.0. The highest BCUT2D eigenvalue weighted by atomic mass is 35.5. The lowest BCUT2D eigenvalue weighted by Crippen LogP contribution is -1.94. The molecular formula is C12H8ClF2N. The van der Waals surface area contributed by atoms with Crippen LogP contribution in [0.25, 0.3) is 0 Å². The summed E-state index contributed by atoms with van der Waals surface area (Å²) in [5, 5.41) is 3.28. The second-order valence-electron chi connectivity index (χ2n) is 3.26. The van der Waals surface area contributed by atoms with Gasteiger partial charge in [0.05, 0.1) is 5.69 Å². The van der Waals surface area contributed by atoms with E-state index < -0.39 is 11.6 Å². The molecule has 2 rings (SSSR count). The number of benzene rings is 2. The minimum absolute atomic E-state index is 0.0854. The molecule has 0 amide bonds. The second-order valence-corrected chi connectivity index (χ2v) is 3.70. The topological polar surface area (TPSA) is 12.0 Å². The summed E-state index contributed by atoms with van der Waals surface area (Å²) in [6.07, 6.45) is 0. The van der Waals surface area contributed by atoms with Crippen molar-refractivity contribution in [3.8, 4) is 0 Å². The van der Waals surface area contributed by atoms with E-state index in [0.717, 1.165) is 18.2 Å². The van der Waals surface area contributed by atoms with Gasteiger partial charge in [0.25, 0.3) is 0 Å². The molecule has 0 bridgehead atoms. The summed E-state index contributed by atoms with van der Waals surface area (Å²) in [7, 11) is 0. The van der Waals surface area contributed by atoms with Gasteiger partial charge in [-0.15, -0.1) is 0 Å². The van der Waals surface area contributed by atoms with E-state index in [-0.39, 0.29) is 5.69 Å². The maximum atomic E-state index is 13.3. The predicted octanol–water partition coefficient (Wildman–Crippen LogP) is 4.36. The smallest absolute Gasteiger partial charge is 0.146 e. The van der Waals surface area contributed by atoms with Crippen molar-refractivity contribution in [2.24, 2.45) is 0 Å². The zero-order valence-corrected chi connectivity index (χ0v) is 8.93. The first-order valence-corrected chi connectivity index (χ1v) is 5.00. The average molecular weight is 240 g/mol. The zero-order chi connectivity index (χ0) is 11.5. The summed E-state index contributed by atoms with van der Waals surface area (Å²) >= 11 is 5.77. The van der Waals surface area contributed by atoms with Crippen molar-refractivity contribution in [3.05, 3.63) is 59.1 Å². The Morgan fingerprint density at radius 1 is 1.00 bits per heavy atom. The standard InChI is InChI=1S/C12H8ClF2N/c13-8-2-1-3-10(6-8)16-12-7-9(14)4-5-11(12)15/h1-7,16H.